The third kappa shape index (κ3) is 5.14. The number of likely N-dealkylation sites (tertiary alicyclic amines) is 1. The molecule has 2 heterocycles. The summed E-state index contributed by atoms with van der Waals surface area (Å²) < 4.78 is 0. The van der Waals surface area contributed by atoms with Crippen molar-refractivity contribution in [2.45, 2.75) is 39.0 Å². The van der Waals surface area contributed by atoms with Crippen LogP contribution in [0.15, 0.2) is 29.4 Å². The lowest BCUT2D eigenvalue weighted by Gasteiger charge is -2.23. The molecule has 6 nitrogen and oxygen atoms in total. The SMILES string of the molecule is Cc1ccc(C2=NN(CCC(=O)NCCN3CCCC3)C(=O)CC2)cc1. The fourth-order valence-corrected chi connectivity index (χ4v) is 3.38. The topological polar surface area (TPSA) is 65.0 Å². The van der Waals surface area contributed by atoms with Gasteiger partial charge in [0.1, 0.15) is 0 Å². The molecule has 1 aromatic carbocycles. The number of rotatable bonds is 7. The first-order valence-corrected chi connectivity index (χ1v) is 9.56. The van der Waals surface area contributed by atoms with E-state index in [-0.39, 0.29) is 18.2 Å². The molecule has 1 saturated heterocycles. The number of aryl methyl sites for hydroxylation is 1. The molecule has 26 heavy (non-hydrogen) atoms. The van der Waals surface area contributed by atoms with E-state index in [4.69, 9.17) is 0 Å². The minimum absolute atomic E-state index is 0.00858. The number of hydrazone groups is 1. The van der Waals surface area contributed by atoms with Gasteiger partial charge in [-0.3, -0.25) is 9.59 Å². The molecule has 0 atom stereocenters. The van der Waals surface area contributed by atoms with Gasteiger partial charge in [-0.15, -0.1) is 0 Å². The van der Waals surface area contributed by atoms with Gasteiger partial charge < -0.3 is 10.2 Å². The van der Waals surface area contributed by atoms with Crippen molar-refractivity contribution >= 4 is 17.5 Å². The number of carbonyl (C=O) groups is 2. The Bertz CT molecular complexity index is 663. The lowest BCUT2D eigenvalue weighted by Crippen LogP contribution is -2.37. The minimum atomic E-state index is -0.0188. The van der Waals surface area contributed by atoms with Gasteiger partial charge in [0.2, 0.25) is 11.8 Å². The van der Waals surface area contributed by atoms with Gasteiger partial charge in [0.15, 0.2) is 0 Å². The average molecular weight is 356 g/mol. The zero-order valence-electron chi connectivity index (χ0n) is 15.5. The lowest BCUT2D eigenvalue weighted by molar-refractivity contribution is -0.132. The summed E-state index contributed by atoms with van der Waals surface area (Å²) in [5, 5.41) is 8.89. The lowest BCUT2D eigenvalue weighted by atomic mass is 10.0. The second kappa shape index (κ2) is 8.94. The zero-order chi connectivity index (χ0) is 18.4. The third-order valence-corrected chi connectivity index (χ3v) is 4.99. The maximum absolute atomic E-state index is 12.1. The van der Waals surface area contributed by atoms with Crippen molar-refractivity contribution in [2.75, 3.05) is 32.7 Å². The summed E-state index contributed by atoms with van der Waals surface area (Å²) in [5.41, 5.74) is 3.16. The van der Waals surface area contributed by atoms with Crippen molar-refractivity contribution in [3.05, 3.63) is 35.4 Å². The highest BCUT2D eigenvalue weighted by atomic mass is 16.2. The van der Waals surface area contributed by atoms with Crippen molar-refractivity contribution in [1.82, 2.24) is 15.2 Å². The minimum Gasteiger partial charge on any atom is -0.355 e. The fraction of sp³-hybridized carbons (Fsp3) is 0.550. The van der Waals surface area contributed by atoms with Gasteiger partial charge in [-0.2, -0.15) is 5.10 Å². The Kier molecular flexibility index (Phi) is 6.39. The highest BCUT2D eigenvalue weighted by Gasteiger charge is 2.21. The monoisotopic (exact) mass is 356 g/mol. The molecule has 6 heteroatoms. The van der Waals surface area contributed by atoms with Crippen LogP contribution >= 0.6 is 0 Å². The Morgan fingerprint density at radius 1 is 1.12 bits per heavy atom. The van der Waals surface area contributed by atoms with Crippen LogP contribution in [0.2, 0.25) is 0 Å². The second-order valence-electron chi connectivity index (χ2n) is 7.08. The van der Waals surface area contributed by atoms with Gasteiger partial charge in [-0.25, -0.2) is 5.01 Å². The van der Waals surface area contributed by atoms with E-state index in [1.165, 1.54) is 23.4 Å². The predicted octanol–water partition coefficient (Wildman–Crippen LogP) is 1.92. The highest BCUT2D eigenvalue weighted by Crippen LogP contribution is 2.16. The number of hydrogen-bond acceptors (Lipinski definition) is 4. The molecule has 140 valence electrons. The zero-order valence-corrected chi connectivity index (χ0v) is 15.5. The normalized spacial score (nSPS) is 18.1. The molecule has 0 spiro atoms. The van der Waals surface area contributed by atoms with E-state index in [2.05, 4.69) is 15.3 Å². The van der Waals surface area contributed by atoms with Crippen LogP contribution in [0, 0.1) is 6.92 Å². The molecule has 0 bridgehead atoms. The Labute approximate surface area is 155 Å². The van der Waals surface area contributed by atoms with Gasteiger partial charge >= 0.3 is 0 Å². The summed E-state index contributed by atoms with van der Waals surface area (Å²) in [5.74, 6) is -0.0274. The Hall–Kier alpha value is -2.21. The predicted molar refractivity (Wildman–Crippen MR) is 102 cm³/mol. The van der Waals surface area contributed by atoms with Crippen LogP contribution in [0.4, 0.5) is 0 Å². The molecule has 0 unspecified atom stereocenters. The number of hydrogen-bond donors (Lipinski definition) is 1. The van der Waals surface area contributed by atoms with Crippen LogP contribution in [0.3, 0.4) is 0 Å². The van der Waals surface area contributed by atoms with E-state index in [1.54, 1.807) is 0 Å². The van der Waals surface area contributed by atoms with Crippen LogP contribution in [0.1, 0.15) is 43.2 Å². The smallest absolute Gasteiger partial charge is 0.243 e. The molecule has 1 fully saturated rings. The van der Waals surface area contributed by atoms with E-state index < -0.39 is 0 Å². The van der Waals surface area contributed by atoms with Crippen molar-refractivity contribution in [1.29, 1.82) is 0 Å². The van der Waals surface area contributed by atoms with Crippen molar-refractivity contribution in [3.63, 3.8) is 0 Å². The molecular formula is C20H28N4O2. The van der Waals surface area contributed by atoms with Gasteiger partial charge in [-0.05, 0) is 38.4 Å². The molecule has 0 aliphatic carbocycles. The standard InChI is InChI=1S/C20H28N4O2/c1-16-4-6-17(7-5-16)18-8-9-20(26)24(22-18)14-10-19(25)21-11-15-23-12-2-3-13-23/h4-7H,2-3,8-15H2,1H3,(H,21,25). The molecule has 3 rings (SSSR count). The summed E-state index contributed by atoms with van der Waals surface area (Å²) in [7, 11) is 0. The van der Waals surface area contributed by atoms with E-state index in [9.17, 15) is 9.59 Å². The molecule has 0 saturated carbocycles. The number of carbonyl (C=O) groups excluding carboxylic acids is 2. The Balaban J connectivity index is 1.47. The number of nitrogens with one attached hydrogen (secondary N) is 1. The molecule has 1 aromatic rings. The van der Waals surface area contributed by atoms with Crippen LogP contribution in [-0.4, -0.2) is 60.2 Å². The second-order valence-corrected chi connectivity index (χ2v) is 7.08. The number of nitrogens with zero attached hydrogens (tertiary/aromatic N) is 3. The molecule has 2 aliphatic rings. The average Bonchev–Trinajstić information content (AvgIpc) is 3.15. The van der Waals surface area contributed by atoms with Gasteiger partial charge in [-0.1, -0.05) is 29.8 Å². The van der Waals surface area contributed by atoms with E-state index in [0.29, 0.717) is 25.9 Å². The van der Waals surface area contributed by atoms with E-state index in [1.807, 2.05) is 31.2 Å². The maximum Gasteiger partial charge on any atom is 0.243 e. The largest absolute Gasteiger partial charge is 0.355 e. The van der Waals surface area contributed by atoms with Gasteiger partial charge in [0.25, 0.3) is 0 Å². The molecule has 0 radical (unpaired) electrons. The van der Waals surface area contributed by atoms with Gasteiger partial charge in [0, 0.05) is 32.4 Å². The first kappa shape index (κ1) is 18.6. The summed E-state index contributed by atoms with van der Waals surface area (Å²) in [6.07, 6.45) is 3.90. The molecule has 2 aliphatic heterocycles. The first-order valence-electron chi connectivity index (χ1n) is 9.56. The van der Waals surface area contributed by atoms with Crippen LogP contribution in [-0.2, 0) is 9.59 Å². The van der Waals surface area contributed by atoms with Crippen molar-refractivity contribution in [3.8, 4) is 0 Å². The number of amides is 2. The van der Waals surface area contributed by atoms with Crippen LogP contribution in [0.5, 0.6) is 0 Å². The maximum atomic E-state index is 12.1. The van der Waals surface area contributed by atoms with Crippen LogP contribution in [0.25, 0.3) is 0 Å². The Morgan fingerprint density at radius 3 is 2.58 bits per heavy atom. The Morgan fingerprint density at radius 2 is 1.85 bits per heavy atom. The van der Waals surface area contributed by atoms with Crippen molar-refractivity contribution in [2.24, 2.45) is 5.10 Å². The molecule has 1 N–H and O–H groups in total. The van der Waals surface area contributed by atoms with Crippen LogP contribution < -0.4 is 5.32 Å². The first-order chi connectivity index (χ1) is 12.6. The van der Waals surface area contributed by atoms with Crippen molar-refractivity contribution < 1.29 is 9.59 Å². The summed E-state index contributed by atoms with van der Waals surface area (Å²) in [6, 6.07) is 8.17. The summed E-state index contributed by atoms with van der Waals surface area (Å²) in [6.45, 7) is 6.23. The van der Waals surface area contributed by atoms with E-state index >= 15 is 0 Å². The van der Waals surface area contributed by atoms with E-state index in [0.717, 1.165) is 30.9 Å². The molecular weight excluding hydrogens is 328 g/mol. The number of benzene rings is 1. The summed E-state index contributed by atoms with van der Waals surface area (Å²) >= 11 is 0. The highest BCUT2D eigenvalue weighted by molar-refractivity contribution is 6.04. The molecule has 2 amide bonds. The molecule has 0 aromatic heterocycles. The fourth-order valence-electron chi connectivity index (χ4n) is 3.38. The quantitative estimate of drug-likeness (QED) is 0.812. The third-order valence-electron chi connectivity index (χ3n) is 4.99. The summed E-state index contributed by atoms with van der Waals surface area (Å²) in [4.78, 5) is 26.5. The van der Waals surface area contributed by atoms with Gasteiger partial charge in [0.05, 0.1) is 12.3 Å².